The van der Waals surface area contributed by atoms with Gasteiger partial charge in [-0.15, -0.1) is 0 Å². The summed E-state index contributed by atoms with van der Waals surface area (Å²) in [6.45, 7) is 25.1. The molecule has 0 saturated heterocycles. The van der Waals surface area contributed by atoms with Crippen LogP contribution in [0.15, 0.2) is 61.1 Å². The van der Waals surface area contributed by atoms with E-state index in [0.717, 1.165) is 12.2 Å². The Morgan fingerprint density at radius 1 is 0.957 bits per heavy atom. The van der Waals surface area contributed by atoms with Gasteiger partial charge in [0.05, 0.1) is 5.76 Å². The number of allylic oxidation sites excluding steroid dienone is 6. The maximum absolute atomic E-state index is 5.61. The zero-order chi connectivity index (χ0) is 19.1. The first-order valence-corrected chi connectivity index (χ1v) is 8.79. The minimum Gasteiger partial charge on any atom is -0.526 e. The predicted octanol–water partition coefficient (Wildman–Crippen LogP) is 7.34. The molecule has 0 saturated carbocycles. The summed E-state index contributed by atoms with van der Waals surface area (Å²) in [5, 5.41) is 0. The van der Waals surface area contributed by atoms with Gasteiger partial charge in [-0.1, -0.05) is 73.8 Å². The van der Waals surface area contributed by atoms with Crippen LogP contribution in [0.3, 0.4) is 0 Å². The third-order valence-corrected chi connectivity index (χ3v) is 1.89. The fourth-order valence-electron chi connectivity index (χ4n) is 1.12. The van der Waals surface area contributed by atoms with Crippen LogP contribution in [0.2, 0.25) is 6.82 Å². The molecule has 0 radical (unpaired) electrons. The van der Waals surface area contributed by atoms with Crippen molar-refractivity contribution in [1.29, 1.82) is 0 Å². The van der Waals surface area contributed by atoms with Crippen LogP contribution in [0.25, 0.3) is 0 Å². The highest BCUT2D eigenvalue weighted by molar-refractivity contribution is 6.43. The van der Waals surface area contributed by atoms with E-state index in [1.165, 1.54) is 0 Å². The molecule has 3 heteroatoms. The van der Waals surface area contributed by atoms with E-state index in [0.29, 0.717) is 5.76 Å². The molecular weight excluding hydrogens is 283 g/mol. The third kappa shape index (κ3) is 22.8. The fourth-order valence-corrected chi connectivity index (χ4v) is 1.12. The Morgan fingerprint density at radius 3 is 1.78 bits per heavy atom. The van der Waals surface area contributed by atoms with Crippen LogP contribution in [0.1, 0.15) is 61.8 Å². The summed E-state index contributed by atoms with van der Waals surface area (Å²) in [5.41, 5.74) is 0. The van der Waals surface area contributed by atoms with Crippen LogP contribution >= 0.6 is 0 Å². The van der Waals surface area contributed by atoms with Crippen molar-refractivity contribution in [2.24, 2.45) is 0 Å². The number of hydrogen-bond donors (Lipinski definition) is 0. The molecule has 0 rings (SSSR count). The maximum atomic E-state index is 5.61. The van der Waals surface area contributed by atoms with Crippen molar-refractivity contribution in [2.45, 2.75) is 68.6 Å². The highest BCUT2D eigenvalue weighted by Gasteiger charge is 2.15. The molecule has 0 aliphatic heterocycles. The normalized spacial score (nSPS) is 9.96. The van der Waals surface area contributed by atoms with Gasteiger partial charge < -0.3 is 9.31 Å². The first-order valence-electron chi connectivity index (χ1n) is 8.79. The molecule has 2 nitrogen and oxygen atoms in total. The van der Waals surface area contributed by atoms with Crippen molar-refractivity contribution in [3.05, 3.63) is 61.1 Å². The first-order chi connectivity index (χ1) is 11.2. The van der Waals surface area contributed by atoms with Crippen LogP contribution in [0, 0.1) is 0 Å². The molecule has 0 aliphatic carbocycles. The second kappa shape index (κ2) is 28.5. The average Bonchev–Trinajstić information content (AvgIpc) is 2.63. The topological polar surface area (TPSA) is 18.5 Å². The fraction of sp³-hybridized carbons (Fsp3) is 0.500. The summed E-state index contributed by atoms with van der Waals surface area (Å²) >= 11 is 0. The highest BCUT2D eigenvalue weighted by Crippen LogP contribution is 2.08. The monoisotopic (exact) mass is 322 g/mol. The molecule has 0 amide bonds. The summed E-state index contributed by atoms with van der Waals surface area (Å²) in [5.74, 6) is 1.43. The summed E-state index contributed by atoms with van der Waals surface area (Å²) < 4.78 is 11.1. The Kier molecular flexibility index (Phi) is 36.4. The minimum absolute atomic E-state index is 0.369. The predicted molar refractivity (Wildman–Crippen MR) is 109 cm³/mol. The molecule has 0 spiro atoms. The van der Waals surface area contributed by atoms with Crippen molar-refractivity contribution in [3.63, 3.8) is 0 Å². The van der Waals surface area contributed by atoms with E-state index < -0.39 is 0 Å². The zero-order valence-electron chi connectivity index (χ0n) is 17.0. The van der Waals surface area contributed by atoms with Crippen molar-refractivity contribution >= 4 is 7.12 Å². The van der Waals surface area contributed by atoms with E-state index in [1.807, 2.05) is 73.5 Å². The summed E-state index contributed by atoms with van der Waals surface area (Å²) in [6, 6.07) is 0. The molecular formula is C20H39BO2. The summed E-state index contributed by atoms with van der Waals surface area (Å²) in [6.07, 6.45) is 11.9. The van der Waals surface area contributed by atoms with Gasteiger partial charge in [-0.25, -0.2) is 0 Å². The number of rotatable bonds is 8. The Labute approximate surface area is 146 Å². The number of hydrogen-bond acceptors (Lipinski definition) is 2. The van der Waals surface area contributed by atoms with Gasteiger partial charge in [0, 0.05) is 0 Å². The third-order valence-electron chi connectivity index (χ3n) is 1.89. The van der Waals surface area contributed by atoms with Gasteiger partial charge in [0.1, 0.15) is 5.76 Å². The van der Waals surface area contributed by atoms with Gasteiger partial charge in [-0.05, 0) is 44.5 Å². The van der Waals surface area contributed by atoms with Gasteiger partial charge in [-0.3, -0.25) is 0 Å². The maximum Gasteiger partial charge on any atom is 0.591 e. The summed E-state index contributed by atoms with van der Waals surface area (Å²) in [4.78, 5) is 0. The molecule has 0 bridgehead atoms. The Hall–Kier alpha value is -1.64. The van der Waals surface area contributed by atoms with Crippen LogP contribution in [0.5, 0.6) is 0 Å². The molecule has 0 aliphatic rings. The second-order valence-corrected chi connectivity index (χ2v) is 3.31. The second-order valence-electron chi connectivity index (χ2n) is 3.31. The molecule has 0 aromatic heterocycles. The van der Waals surface area contributed by atoms with E-state index >= 15 is 0 Å². The molecule has 0 unspecified atom stereocenters. The lowest BCUT2D eigenvalue weighted by atomic mass is 9.94. The van der Waals surface area contributed by atoms with Crippen LogP contribution in [-0.4, -0.2) is 7.12 Å². The molecule has 0 N–H and O–H groups in total. The van der Waals surface area contributed by atoms with E-state index in [9.17, 15) is 0 Å². The lowest BCUT2D eigenvalue weighted by Crippen LogP contribution is -2.17. The van der Waals surface area contributed by atoms with E-state index in [1.54, 1.807) is 18.2 Å². The van der Waals surface area contributed by atoms with Gasteiger partial charge in [0.15, 0.2) is 0 Å². The lowest BCUT2D eigenvalue weighted by Gasteiger charge is -2.14. The Balaban J connectivity index is -0.000000267. The smallest absolute Gasteiger partial charge is 0.526 e. The van der Waals surface area contributed by atoms with Crippen LogP contribution in [-0.2, 0) is 9.31 Å². The van der Waals surface area contributed by atoms with Gasteiger partial charge in [-0.2, -0.15) is 0 Å². The van der Waals surface area contributed by atoms with E-state index in [2.05, 4.69) is 20.1 Å². The van der Waals surface area contributed by atoms with Crippen LogP contribution in [0.4, 0.5) is 0 Å². The molecule has 0 aromatic rings. The summed E-state index contributed by atoms with van der Waals surface area (Å²) in [7, 11) is -0.369. The van der Waals surface area contributed by atoms with Crippen molar-refractivity contribution < 1.29 is 9.31 Å². The Bertz CT molecular complexity index is 329. The Morgan fingerprint density at radius 2 is 1.43 bits per heavy atom. The largest absolute Gasteiger partial charge is 0.591 e. The SMILES string of the molecule is C=C/C=C(\C=C)OB(C)OC(/C=C\CC)=C/C.CC.CC.CC. The van der Waals surface area contributed by atoms with Crippen molar-refractivity contribution in [2.75, 3.05) is 0 Å². The van der Waals surface area contributed by atoms with Gasteiger partial charge in [0.2, 0.25) is 0 Å². The van der Waals surface area contributed by atoms with Crippen molar-refractivity contribution in [1.82, 2.24) is 0 Å². The quantitative estimate of drug-likeness (QED) is 0.264. The van der Waals surface area contributed by atoms with Crippen LogP contribution < -0.4 is 0 Å². The van der Waals surface area contributed by atoms with E-state index in [-0.39, 0.29) is 7.12 Å². The molecule has 0 heterocycles. The minimum atomic E-state index is -0.369. The lowest BCUT2D eigenvalue weighted by molar-refractivity contribution is 0.316. The standard InChI is InChI=1S/C14H21BO2.3C2H6/c1-6-10-12-14(9-4)17-15(5)16-13(8-3)11-7-2;3*1-2/h7-12H,2-3,6H2,1,4-5H3;3*1-2H3/b12-10-,13-11+,14-9+;;;. The molecule has 134 valence electrons. The zero-order valence-corrected chi connectivity index (χ0v) is 17.0. The van der Waals surface area contributed by atoms with Crippen molar-refractivity contribution in [3.8, 4) is 0 Å². The van der Waals surface area contributed by atoms with Gasteiger partial charge in [0.25, 0.3) is 0 Å². The van der Waals surface area contributed by atoms with E-state index in [4.69, 9.17) is 9.31 Å². The first kappa shape index (κ1) is 29.4. The molecule has 0 atom stereocenters. The molecule has 0 fully saturated rings. The molecule has 0 aromatic carbocycles. The average molecular weight is 322 g/mol. The highest BCUT2D eigenvalue weighted by atomic mass is 16.6. The van der Waals surface area contributed by atoms with Gasteiger partial charge >= 0.3 is 7.12 Å². The molecule has 23 heavy (non-hydrogen) atoms.